The van der Waals surface area contributed by atoms with Crippen molar-refractivity contribution in [3.63, 3.8) is 0 Å². The summed E-state index contributed by atoms with van der Waals surface area (Å²) in [5.74, 6) is -2.10. The van der Waals surface area contributed by atoms with E-state index in [1.807, 2.05) is 0 Å². The number of phenolic OH excluding ortho intramolecular Hbond substituents is 1. The number of halogens is 2. The number of rotatable bonds is 6. The highest BCUT2D eigenvalue weighted by Gasteiger charge is 2.52. The Morgan fingerprint density at radius 3 is 2.03 bits per heavy atom. The van der Waals surface area contributed by atoms with Gasteiger partial charge in [-0.3, -0.25) is 13.9 Å². The summed E-state index contributed by atoms with van der Waals surface area (Å²) in [6.45, 7) is 0. The van der Waals surface area contributed by atoms with Crippen LogP contribution in [0.5, 0.6) is 5.75 Å². The molecule has 31 heavy (non-hydrogen) atoms. The molecule has 1 aliphatic rings. The lowest BCUT2D eigenvalue weighted by Gasteiger charge is -2.46. The molecule has 1 heterocycles. The number of nitrogens with zero attached hydrogens (tertiary/aromatic N) is 1. The SMILES string of the molecule is O=C1[C@@H](c2ccc(O)cc2)[C@@H](S(=O)C[C@@H](O)c2ccc(F)cc2)N1c1ccc(F)cc1. The van der Waals surface area contributed by atoms with Gasteiger partial charge in [0.05, 0.1) is 17.8 Å². The fourth-order valence-electron chi connectivity index (χ4n) is 3.63. The largest absolute Gasteiger partial charge is 0.508 e. The van der Waals surface area contributed by atoms with Gasteiger partial charge in [0.25, 0.3) is 0 Å². The van der Waals surface area contributed by atoms with Crippen molar-refractivity contribution in [1.29, 1.82) is 0 Å². The maximum absolute atomic E-state index is 13.3. The lowest BCUT2D eigenvalue weighted by Crippen LogP contribution is -2.62. The minimum Gasteiger partial charge on any atom is -0.508 e. The predicted octanol–water partition coefficient (Wildman–Crippen LogP) is 3.61. The van der Waals surface area contributed by atoms with Gasteiger partial charge >= 0.3 is 0 Å². The first-order valence-corrected chi connectivity index (χ1v) is 10.9. The van der Waals surface area contributed by atoms with Crippen molar-refractivity contribution in [1.82, 2.24) is 0 Å². The second-order valence-electron chi connectivity index (χ2n) is 7.26. The van der Waals surface area contributed by atoms with Crippen LogP contribution in [0, 0.1) is 11.6 Å². The van der Waals surface area contributed by atoms with Crippen LogP contribution in [0.15, 0.2) is 72.8 Å². The minimum absolute atomic E-state index is 0.0373. The van der Waals surface area contributed by atoms with E-state index in [4.69, 9.17) is 0 Å². The zero-order chi connectivity index (χ0) is 22.1. The molecule has 0 saturated carbocycles. The number of anilines is 1. The predicted molar refractivity (Wildman–Crippen MR) is 113 cm³/mol. The summed E-state index contributed by atoms with van der Waals surface area (Å²) in [6.07, 6.45) is -1.12. The third kappa shape index (κ3) is 4.22. The first kappa shape index (κ1) is 21.1. The van der Waals surface area contributed by atoms with E-state index in [-0.39, 0.29) is 17.4 Å². The van der Waals surface area contributed by atoms with Crippen molar-refractivity contribution in [2.45, 2.75) is 17.4 Å². The summed E-state index contributed by atoms with van der Waals surface area (Å²) in [5, 5.41) is 19.2. The molecule has 8 heteroatoms. The number of hydrogen-bond donors (Lipinski definition) is 2. The van der Waals surface area contributed by atoms with Crippen molar-refractivity contribution in [3.8, 4) is 5.75 Å². The number of carbonyl (C=O) groups excluding carboxylic acids is 1. The van der Waals surface area contributed by atoms with Gasteiger partial charge in [-0.1, -0.05) is 24.3 Å². The number of phenols is 1. The van der Waals surface area contributed by atoms with E-state index in [2.05, 4.69) is 0 Å². The highest BCUT2D eigenvalue weighted by Crippen LogP contribution is 2.42. The van der Waals surface area contributed by atoms with Crippen molar-refractivity contribution in [3.05, 3.63) is 95.6 Å². The number of aliphatic hydroxyl groups excluding tert-OH is 1. The number of aromatic hydroxyl groups is 1. The summed E-state index contributed by atoms with van der Waals surface area (Å²) in [7, 11) is -1.70. The standard InChI is InChI=1S/C23H19F2NO4S/c24-16-5-1-14(2-6-16)20(28)13-31(30)23-21(15-3-11-19(27)12-4-15)22(29)26(23)18-9-7-17(25)8-10-18/h1-12,20-21,23,27-28H,13H2/t20-,21-,23-,31?/m1/s1. The van der Waals surface area contributed by atoms with E-state index in [1.165, 1.54) is 65.6 Å². The van der Waals surface area contributed by atoms with Gasteiger partial charge in [0, 0.05) is 16.5 Å². The molecule has 0 aliphatic carbocycles. The fourth-order valence-corrected chi connectivity index (χ4v) is 5.37. The Morgan fingerprint density at radius 2 is 1.45 bits per heavy atom. The van der Waals surface area contributed by atoms with E-state index in [9.17, 15) is 28.0 Å². The second-order valence-corrected chi connectivity index (χ2v) is 8.84. The average molecular weight is 443 g/mol. The van der Waals surface area contributed by atoms with Crippen molar-refractivity contribution >= 4 is 22.4 Å². The van der Waals surface area contributed by atoms with Crippen LogP contribution < -0.4 is 4.90 Å². The van der Waals surface area contributed by atoms with Gasteiger partial charge in [0.15, 0.2) is 0 Å². The van der Waals surface area contributed by atoms with E-state index >= 15 is 0 Å². The van der Waals surface area contributed by atoms with Gasteiger partial charge < -0.3 is 10.2 Å². The van der Waals surface area contributed by atoms with Crippen LogP contribution >= 0.6 is 0 Å². The molecule has 1 unspecified atom stereocenters. The van der Waals surface area contributed by atoms with Gasteiger partial charge in [0.2, 0.25) is 5.91 Å². The lowest BCUT2D eigenvalue weighted by atomic mass is 9.89. The molecule has 160 valence electrons. The zero-order valence-electron chi connectivity index (χ0n) is 16.2. The quantitative estimate of drug-likeness (QED) is 0.571. The Balaban J connectivity index is 1.63. The summed E-state index contributed by atoms with van der Waals surface area (Å²) in [5.41, 5.74) is 1.39. The Labute approximate surface area is 180 Å². The number of hydrogen-bond acceptors (Lipinski definition) is 4. The van der Waals surface area contributed by atoms with Crippen LogP contribution in [0.25, 0.3) is 0 Å². The van der Waals surface area contributed by atoms with E-state index in [0.29, 0.717) is 16.8 Å². The van der Waals surface area contributed by atoms with Crippen LogP contribution in [-0.4, -0.2) is 31.5 Å². The molecule has 5 nitrogen and oxygen atoms in total. The number of amides is 1. The summed E-state index contributed by atoms with van der Waals surface area (Å²) in [6, 6.07) is 16.6. The molecular weight excluding hydrogens is 424 g/mol. The molecule has 0 aromatic heterocycles. The molecule has 1 saturated heterocycles. The topological polar surface area (TPSA) is 77.8 Å². The van der Waals surface area contributed by atoms with Gasteiger partial charge in [0.1, 0.15) is 22.8 Å². The monoisotopic (exact) mass is 443 g/mol. The molecule has 0 bridgehead atoms. The van der Waals surface area contributed by atoms with Gasteiger partial charge in [-0.25, -0.2) is 8.78 Å². The molecule has 1 aliphatic heterocycles. The van der Waals surface area contributed by atoms with Crippen molar-refractivity contribution < 1.29 is 28.0 Å². The van der Waals surface area contributed by atoms with Crippen LogP contribution in [-0.2, 0) is 15.6 Å². The number of carbonyl (C=O) groups is 1. The van der Waals surface area contributed by atoms with Crippen LogP contribution in [0.3, 0.4) is 0 Å². The third-order valence-corrected chi connectivity index (χ3v) is 6.91. The first-order chi connectivity index (χ1) is 14.8. The van der Waals surface area contributed by atoms with Crippen LogP contribution in [0.1, 0.15) is 23.1 Å². The number of β-lactam (4-membered cyclic amide) rings is 1. The van der Waals surface area contributed by atoms with Crippen molar-refractivity contribution in [2.75, 3.05) is 10.7 Å². The first-order valence-electron chi connectivity index (χ1n) is 9.53. The Bertz CT molecular complexity index is 1050. The molecule has 1 fully saturated rings. The molecule has 4 rings (SSSR count). The van der Waals surface area contributed by atoms with E-state index in [1.54, 1.807) is 12.1 Å². The van der Waals surface area contributed by atoms with Gasteiger partial charge in [-0.2, -0.15) is 0 Å². The maximum Gasteiger partial charge on any atom is 0.238 e. The molecule has 3 aromatic rings. The molecule has 4 atom stereocenters. The average Bonchev–Trinajstić information content (AvgIpc) is 2.75. The summed E-state index contributed by atoms with van der Waals surface area (Å²) >= 11 is 0. The molecule has 0 spiro atoms. The number of benzene rings is 3. The Hall–Kier alpha value is -3.10. The normalized spacial score (nSPS) is 20.2. The molecule has 3 aromatic carbocycles. The molecule has 2 N–H and O–H groups in total. The van der Waals surface area contributed by atoms with Crippen LogP contribution in [0.2, 0.25) is 0 Å². The van der Waals surface area contributed by atoms with Gasteiger partial charge in [-0.05, 0) is 59.7 Å². The van der Waals surface area contributed by atoms with Crippen LogP contribution in [0.4, 0.5) is 14.5 Å². The molecular formula is C23H19F2NO4S. The molecule has 1 amide bonds. The van der Waals surface area contributed by atoms with E-state index < -0.39 is 39.8 Å². The highest BCUT2D eigenvalue weighted by molar-refractivity contribution is 7.86. The smallest absolute Gasteiger partial charge is 0.238 e. The zero-order valence-corrected chi connectivity index (χ0v) is 17.0. The summed E-state index contributed by atoms with van der Waals surface area (Å²) < 4.78 is 39.8. The lowest BCUT2D eigenvalue weighted by molar-refractivity contribution is -0.124. The van der Waals surface area contributed by atoms with Crippen molar-refractivity contribution in [2.24, 2.45) is 0 Å². The maximum atomic E-state index is 13.3. The van der Waals surface area contributed by atoms with E-state index in [0.717, 1.165) is 0 Å². The minimum atomic E-state index is -1.70. The fraction of sp³-hybridized carbons (Fsp3) is 0.174. The Morgan fingerprint density at radius 1 is 0.903 bits per heavy atom. The number of aliphatic hydroxyl groups is 1. The molecule has 0 radical (unpaired) electrons. The van der Waals surface area contributed by atoms with Gasteiger partial charge in [-0.15, -0.1) is 0 Å². The summed E-state index contributed by atoms with van der Waals surface area (Å²) in [4.78, 5) is 14.3. The Kier molecular flexibility index (Phi) is 5.84. The second kappa shape index (κ2) is 8.56. The highest BCUT2D eigenvalue weighted by atomic mass is 32.2. The third-order valence-electron chi connectivity index (χ3n) is 5.25.